The van der Waals surface area contributed by atoms with Gasteiger partial charge in [0.1, 0.15) is 5.82 Å². The number of hydrogen-bond donors (Lipinski definition) is 0. The Balaban J connectivity index is 2.16. The van der Waals surface area contributed by atoms with Crippen LogP contribution in [0.3, 0.4) is 0 Å². The highest BCUT2D eigenvalue weighted by molar-refractivity contribution is 9.10. The number of benzene rings is 1. The van der Waals surface area contributed by atoms with Gasteiger partial charge in [-0.3, -0.25) is 4.68 Å². The highest BCUT2D eigenvalue weighted by atomic mass is 79.9. The lowest BCUT2D eigenvalue weighted by Gasteiger charge is -2.15. The highest BCUT2D eigenvalue weighted by Gasteiger charge is 2.17. The Morgan fingerprint density at radius 1 is 1.38 bits per heavy atom. The molecule has 0 bridgehead atoms. The van der Waals surface area contributed by atoms with E-state index in [1.165, 1.54) is 6.07 Å². The lowest BCUT2D eigenvalue weighted by molar-refractivity contribution is 0.528. The average Bonchev–Trinajstić information content (AvgIpc) is 2.74. The van der Waals surface area contributed by atoms with E-state index >= 15 is 0 Å². The quantitative estimate of drug-likeness (QED) is 0.668. The van der Waals surface area contributed by atoms with Crippen molar-refractivity contribution in [2.45, 2.75) is 33.2 Å². The minimum Gasteiger partial charge on any atom is -0.268 e. The number of hydrogen-bond acceptors (Lipinski definition) is 1. The molecule has 1 heterocycles. The van der Waals surface area contributed by atoms with Crippen LogP contribution in [0.1, 0.15) is 23.9 Å². The normalized spacial score (nSPS) is 12.6. The van der Waals surface area contributed by atoms with Crippen molar-refractivity contribution >= 4 is 27.5 Å². The van der Waals surface area contributed by atoms with Crippen LogP contribution in [0.2, 0.25) is 0 Å². The second-order valence-electron chi connectivity index (χ2n) is 5.22. The van der Waals surface area contributed by atoms with Crippen molar-refractivity contribution in [1.82, 2.24) is 9.78 Å². The summed E-state index contributed by atoms with van der Waals surface area (Å²) in [6, 6.07) is 6.73. The van der Waals surface area contributed by atoms with Crippen molar-refractivity contribution in [2.24, 2.45) is 5.92 Å². The number of aryl methyl sites for hydroxylation is 2. The van der Waals surface area contributed by atoms with Gasteiger partial charge in [-0.15, -0.1) is 11.6 Å². The zero-order chi connectivity index (χ0) is 15.4. The molecule has 0 aliphatic carbocycles. The van der Waals surface area contributed by atoms with Crippen LogP contribution < -0.4 is 0 Å². The molecule has 0 saturated carbocycles. The van der Waals surface area contributed by atoms with Crippen LogP contribution in [0.25, 0.3) is 0 Å². The minimum atomic E-state index is -0.198. The molecule has 1 aromatic carbocycles. The minimum absolute atomic E-state index is 0.198. The summed E-state index contributed by atoms with van der Waals surface area (Å²) in [6.45, 7) is 4.89. The molecular weight excluding hydrogens is 355 g/mol. The van der Waals surface area contributed by atoms with Gasteiger partial charge in [-0.1, -0.05) is 12.1 Å². The standard InChI is InChI=1S/C16H19BrClFN2/c1-3-21-15(16(17)11(2)20-21)9-13(10-18)7-12-5-4-6-14(19)8-12/h4-6,8,13H,3,7,9-10H2,1-2H3. The maximum Gasteiger partial charge on any atom is 0.123 e. The molecule has 1 unspecified atom stereocenters. The van der Waals surface area contributed by atoms with Crippen molar-refractivity contribution < 1.29 is 4.39 Å². The van der Waals surface area contributed by atoms with Gasteiger partial charge < -0.3 is 0 Å². The van der Waals surface area contributed by atoms with Crippen molar-refractivity contribution in [3.05, 3.63) is 51.5 Å². The first kappa shape index (κ1) is 16.5. The maximum absolute atomic E-state index is 13.3. The SMILES string of the molecule is CCn1nc(C)c(Br)c1CC(CCl)Cc1cccc(F)c1. The Kier molecular flexibility index (Phi) is 5.82. The van der Waals surface area contributed by atoms with Gasteiger partial charge in [0.25, 0.3) is 0 Å². The third-order valence-electron chi connectivity index (χ3n) is 3.57. The molecule has 0 spiro atoms. The van der Waals surface area contributed by atoms with Crippen LogP contribution in [-0.4, -0.2) is 15.7 Å². The second kappa shape index (κ2) is 7.41. The first-order valence-corrected chi connectivity index (χ1v) is 8.40. The van der Waals surface area contributed by atoms with E-state index in [1.54, 1.807) is 12.1 Å². The van der Waals surface area contributed by atoms with Gasteiger partial charge >= 0.3 is 0 Å². The van der Waals surface area contributed by atoms with E-state index in [1.807, 2.05) is 17.7 Å². The summed E-state index contributed by atoms with van der Waals surface area (Å²) < 4.78 is 16.3. The average molecular weight is 374 g/mol. The van der Waals surface area contributed by atoms with Gasteiger partial charge in [-0.2, -0.15) is 5.10 Å². The van der Waals surface area contributed by atoms with Crippen LogP contribution in [0.5, 0.6) is 0 Å². The molecule has 21 heavy (non-hydrogen) atoms. The molecular formula is C16H19BrClFN2. The number of rotatable bonds is 6. The Bertz CT molecular complexity index is 612. The van der Waals surface area contributed by atoms with E-state index in [9.17, 15) is 4.39 Å². The summed E-state index contributed by atoms with van der Waals surface area (Å²) in [5, 5.41) is 4.50. The van der Waals surface area contributed by atoms with Gasteiger partial charge in [-0.25, -0.2) is 4.39 Å². The highest BCUT2D eigenvalue weighted by Crippen LogP contribution is 2.25. The van der Waals surface area contributed by atoms with E-state index in [-0.39, 0.29) is 11.7 Å². The number of halogens is 3. The van der Waals surface area contributed by atoms with Crippen LogP contribution in [0.15, 0.2) is 28.7 Å². The smallest absolute Gasteiger partial charge is 0.123 e. The van der Waals surface area contributed by atoms with Crippen LogP contribution >= 0.6 is 27.5 Å². The molecule has 0 aliphatic rings. The van der Waals surface area contributed by atoms with E-state index in [0.29, 0.717) is 5.88 Å². The summed E-state index contributed by atoms with van der Waals surface area (Å²) in [7, 11) is 0. The molecule has 5 heteroatoms. The fourth-order valence-corrected chi connectivity index (χ4v) is 3.18. The third kappa shape index (κ3) is 4.07. The van der Waals surface area contributed by atoms with E-state index in [4.69, 9.17) is 11.6 Å². The van der Waals surface area contributed by atoms with E-state index in [0.717, 1.165) is 40.8 Å². The summed E-state index contributed by atoms with van der Waals surface area (Å²) in [5.74, 6) is 0.597. The molecule has 2 aromatic rings. The van der Waals surface area contributed by atoms with Crippen molar-refractivity contribution in [3.63, 3.8) is 0 Å². The Hall–Kier alpha value is -0.870. The molecule has 0 radical (unpaired) electrons. The molecule has 1 aromatic heterocycles. The molecule has 0 aliphatic heterocycles. The third-order valence-corrected chi connectivity index (χ3v) is 5.03. The molecule has 2 nitrogen and oxygen atoms in total. The van der Waals surface area contributed by atoms with Gasteiger partial charge in [0.2, 0.25) is 0 Å². The zero-order valence-electron chi connectivity index (χ0n) is 12.2. The van der Waals surface area contributed by atoms with Crippen LogP contribution in [-0.2, 0) is 19.4 Å². The van der Waals surface area contributed by atoms with Crippen molar-refractivity contribution in [1.29, 1.82) is 0 Å². The Labute approximate surface area is 138 Å². The first-order valence-electron chi connectivity index (χ1n) is 7.07. The fraction of sp³-hybridized carbons (Fsp3) is 0.438. The van der Waals surface area contributed by atoms with Crippen molar-refractivity contribution in [2.75, 3.05) is 5.88 Å². The van der Waals surface area contributed by atoms with E-state index in [2.05, 4.69) is 28.0 Å². The summed E-state index contributed by atoms with van der Waals surface area (Å²) in [4.78, 5) is 0. The fourth-order valence-electron chi connectivity index (χ4n) is 2.52. The Morgan fingerprint density at radius 2 is 2.14 bits per heavy atom. The van der Waals surface area contributed by atoms with Crippen molar-refractivity contribution in [3.8, 4) is 0 Å². The lowest BCUT2D eigenvalue weighted by Crippen LogP contribution is -2.14. The summed E-state index contributed by atoms with van der Waals surface area (Å²) in [5.41, 5.74) is 3.14. The largest absolute Gasteiger partial charge is 0.268 e. The topological polar surface area (TPSA) is 17.8 Å². The monoisotopic (exact) mass is 372 g/mol. The van der Waals surface area contributed by atoms with Gasteiger partial charge in [0, 0.05) is 12.4 Å². The first-order chi connectivity index (χ1) is 10.0. The molecule has 0 amide bonds. The second-order valence-corrected chi connectivity index (χ2v) is 6.32. The molecule has 114 valence electrons. The van der Waals surface area contributed by atoms with Gasteiger partial charge in [0.15, 0.2) is 0 Å². The summed E-state index contributed by atoms with van der Waals surface area (Å²) >= 11 is 9.73. The zero-order valence-corrected chi connectivity index (χ0v) is 14.6. The lowest BCUT2D eigenvalue weighted by atomic mass is 9.96. The van der Waals surface area contributed by atoms with E-state index < -0.39 is 0 Å². The maximum atomic E-state index is 13.3. The molecule has 0 N–H and O–H groups in total. The van der Waals surface area contributed by atoms with Crippen LogP contribution in [0.4, 0.5) is 4.39 Å². The predicted molar refractivity (Wildman–Crippen MR) is 88.4 cm³/mol. The number of nitrogens with zero attached hydrogens (tertiary/aromatic N) is 2. The molecule has 1 atom stereocenters. The number of alkyl halides is 1. The molecule has 0 saturated heterocycles. The van der Waals surface area contributed by atoms with Gasteiger partial charge in [0.05, 0.1) is 15.9 Å². The summed E-state index contributed by atoms with van der Waals surface area (Å²) in [6.07, 6.45) is 1.59. The molecule has 2 rings (SSSR count). The number of aromatic nitrogens is 2. The van der Waals surface area contributed by atoms with Gasteiger partial charge in [-0.05, 0) is 66.2 Å². The Morgan fingerprint density at radius 3 is 2.76 bits per heavy atom. The molecule has 0 fully saturated rings. The van der Waals surface area contributed by atoms with Crippen LogP contribution in [0, 0.1) is 18.7 Å². The predicted octanol–water partition coefficient (Wildman–Crippen LogP) is 4.75.